The van der Waals surface area contributed by atoms with E-state index in [0.29, 0.717) is 9.90 Å². The quantitative estimate of drug-likeness (QED) is 0.872. The van der Waals surface area contributed by atoms with Crippen molar-refractivity contribution in [3.05, 3.63) is 45.1 Å². The monoisotopic (exact) mass is 259 g/mol. The summed E-state index contributed by atoms with van der Waals surface area (Å²) in [4.78, 5) is 0. The molecule has 1 nitrogen and oxygen atoms in total. The highest BCUT2D eigenvalue weighted by molar-refractivity contribution is 7.15. The molecule has 0 atom stereocenters. The highest BCUT2D eigenvalue weighted by Gasteiger charge is 2.12. The second-order valence-corrected chi connectivity index (χ2v) is 4.72. The van der Waals surface area contributed by atoms with Crippen LogP contribution in [-0.4, -0.2) is 0 Å². The van der Waals surface area contributed by atoms with E-state index < -0.39 is 11.6 Å². The van der Waals surface area contributed by atoms with Crippen molar-refractivity contribution in [3.8, 4) is 11.1 Å². The minimum absolute atomic E-state index is 0.274. The summed E-state index contributed by atoms with van der Waals surface area (Å²) in [5, 5.41) is 1.79. The lowest BCUT2D eigenvalue weighted by atomic mass is 10.0. The average Bonchev–Trinajstić information content (AvgIpc) is 2.63. The summed E-state index contributed by atoms with van der Waals surface area (Å²) in [5.41, 5.74) is 7.66. The first kappa shape index (κ1) is 11.5. The van der Waals surface area contributed by atoms with Gasteiger partial charge in [0, 0.05) is 17.5 Å². The summed E-state index contributed by atoms with van der Waals surface area (Å²) in [7, 11) is 0. The Morgan fingerprint density at radius 3 is 2.62 bits per heavy atom. The van der Waals surface area contributed by atoms with Gasteiger partial charge in [-0.1, -0.05) is 17.7 Å². The first-order chi connectivity index (χ1) is 7.63. The molecule has 0 bridgehead atoms. The molecule has 0 saturated carbocycles. The summed E-state index contributed by atoms with van der Waals surface area (Å²) < 4.78 is 26.4. The first-order valence-corrected chi connectivity index (χ1v) is 5.80. The van der Waals surface area contributed by atoms with Gasteiger partial charge in [-0.25, -0.2) is 8.78 Å². The zero-order valence-electron chi connectivity index (χ0n) is 8.14. The third-order valence-corrected chi connectivity index (χ3v) is 3.58. The van der Waals surface area contributed by atoms with Crippen molar-refractivity contribution in [1.82, 2.24) is 0 Å². The Hall–Kier alpha value is -0.970. The van der Waals surface area contributed by atoms with Crippen molar-refractivity contribution in [2.75, 3.05) is 0 Å². The molecule has 1 aromatic heterocycles. The lowest BCUT2D eigenvalue weighted by Gasteiger charge is -2.03. The molecule has 2 aromatic rings. The van der Waals surface area contributed by atoms with E-state index in [1.54, 1.807) is 5.38 Å². The summed E-state index contributed by atoms with van der Waals surface area (Å²) in [6.07, 6.45) is 0. The molecule has 2 N–H and O–H groups in total. The Balaban J connectivity index is 2.54. The van der Waals surface area contributed by atoms with Gasteiger partial charge in [0.15, 0.2) is 11.6 Å². The SMILES string of the molecule is NCc1c(-c2ccc(F)c(F)c2)csc1Cl. The molecule has 0 amide bonds. The van der Waals surface area contributed by atoms with Gasteiger partial charge in [0.25, 0.3) is 0 Å². The third kappa shape index (κ3) is 1.96. The largest absolute Gasteiger partial charge is 0.326 e. The molecule has 2 rings (SSSR count). The molecule has 84 valence electrons. The molecule has 0 spiro atoms. The van der Waals surface area contributed by atoms with E-state index >= 15 is 0 Å². The molecular formula is C11H8ClF2NS. The second-order valence-electron chi connectivity index (χ2n) is 3.23. The highest BCUT2D eigenvalue weighted by atomic mass is 35.5. The van der Waals surface area contributed by atoms with E-state index in [1.807, 2.05) is 0 Å². The summed E-state index contributed by atoms with van der Waals surface area (Å²) >= 11 is 7.27. The second kappa shape index (κ2) is 4.49. The molecule has 0 fully saturated rings. The van der Waals surface area contributed by atoms with Crippen LogP contribution in [0.5, 0.6) is 0 Å². The van der Waals surface area contributed by atoms with Crippen LogP contribution >= 0.6 is 22.9 Å². The van der Waals surface area contributed by atoms with Gasteiger partial charge in [0.2, 0.25) is 0 Å². The van der Waals surface area contributed by atoms with E-state index in [1.165, 1.54) is 17.4 Å². The van der Waals surface area contributed by atoms with Crippen LogP contribution in [0.3, 0.4) is 0 Å². The van der Waals surface area contributed by atoms with E-state index in [4.69, 9.17) is 17.3 Å². The van der Waals surface area contributed by atoms with E-state index in [9.17, 15) is 8.78 Å². The number of hydrogen-bond acceptors (Lipinski definition) is 2. The molecule has 0 aliphatic heterocycles. The molecule has 5 heteroatoms. The van der Waals surface area contributed by atoms with Gasteiger partial charge in [-0.15, -0.1) is 11.3 Å². The van der Waals surface area contributed by atoms with Gasteiger partial charge in [-0.2, -0.15) is 0 Å². The number of hydrogen-bond donors (Lipinski definition) is 1. The average molecular weight is 260 g/mol. The minimum atomic E-state index is -0.872. The first-order valence-electron chi connectivity index (χ1n) is 4.55. The van der Waals surface area contributed by atoms with Gasteiger partial charge >= 0.3 is 0 Å². The number of nitrogens with two attached hydrogens (primary N) is 1. The van der Waals surface area contributed by atoms with Gasteiger partial charge in [0.05, 0.1) is 4.34 Å². The minimum Gasteiger partial charge on any atom is -0.326 e. The zero-order chi connectivity index (χ0) is 11.7. The van der Waals surface area contributed by atoms with Crippen LogP contribution in [0, 0.1) is 11.6 Å². The molecule has 0 radical (unpaired) electrons. The van der Waals surface area contributed by atoms with Gasteiger partial charge in [0.1, 0.15) is 0 Å². The Morgan fingerprint density at radius 2 is 2.00 bits per heavy atom. The Kier molecular flexibility index (Phi) is 3.23. The maximum Gasteiger partial charge on any atom is 0.159 e. The van der Waals surface area contributed by atoms with Crippen LogP contribution in [0.4, 0.5) is 8.78 Å². The predicted octanol–water partition coefficient (Wildman–Crippen LogP) is 3.81. The maximum atomic E-state index is 13.1. The van der Waals surface area contributed by atoms with E-state index in [2.05, 4.69) is 0 Å². The smallest absolute Gasteiger partial charge is 0.159 e. The normalized spacial score (nSPS) is 10.8. The lowest BCUT2D eigenvalue weighted by Crippen LogP contribution is -1.97. The molecule has 1 heterocycles. The molecule has 1 aromatic carbocycles. The van der Waals surface area contributed by atoms with E-state index in [-0.39, 0.29) is 6.54 Å². The lowest BCUT2D eigenvalue weighted by molar-refractivity contribution is 0.509. The van der Waals surface area contributed by atoms with Crippen molar-refractivity contribution in [2.24, 2.45) is 5.73 Å². The molecule has 16 heavy (non-hydrogen) atoms. The van der Waals surface area contributed by atoms with Crippen LogP contribution < -0.4 is 5.73 Å². The van der Waals surface area contributed by atoms with Crippen LogP contribution in [0.15, 0.2) is 23.6 Å². The van der Waals surface area contributed by atoms with Gasteiger partial charge in [-0.3, -0.25) is 0 Å². The number of halogens is 3. The van der Waals surface area contributed by atoms with Crippen molar-refractivity contribution in [3.63, 3.8) is 0 Å². The molecule has 0 aliphatic carbocycles. The van der Waals surface area contributed by atoms with Crippen molar-refractivity contribution in [2.45, 2.75) is 6.54 Å². The molecule has 0 saturated heterocycles. The van der Waals surface area contributed by atoms with Crippen molar-refractivity contribution in [1.29, 1.82) is 0 Å². The zero-order valence-corrected chi connectivity index (χ0v) is 9.71. The summed E-state index contributed by atoms with van der Waals surface area (Å²) in [5.74, 6) is -1.73. The third-order valence-electron chi connectivity index (χ3n) is 2.28. The highest BCUT2D eigenvalue weighted by Crippen LogP contribution is 2.35. The topological polar surface area (TPSA) is 26.0 Å². The van der Waals surface area contributed by atoms with Crippen LogP contribution in [-0.2, 0) is 6.54 Å². The Morgan fingerprint density at radius 1 is 1.25 bits per heavy atom. The van der Waals surface area contributed by atoms with Crippen LogP contribution in [0.25, 0.3) is 11.1 Å². The molecular weight excluding hydrogens is 252 g/mol. The van der Waals surface area contributed by atoms with E-state index in [0.717, 1.165) is 23.3 Å². The summed E-state index contributed by atoms with van der Waals surface area (Å²) in [6.45, 7) is 0.274. The Bertz CT molecular complexity index is 525. The van der Waals surface area contributed by atoms with Crippen molar-refractivity contribution >= 4 is 22.9 Å². The van der Waals surface area contributed by atoms with Crippen LogP contribution in [0.1, 0.15) is 5.56 Å². The maximum absolute atomic E-state index is 13.1. The fourth-order valence-electron chi connectivity index (χ4n) is 1.45. The predicted molar refractivity (Wildman–Crippen MR) is 62.6 cm³/mol. The standard InChI is InChI=1S/C11H8ClF2NS/c12-11-7(4-15)8(5-16-11)6-1-2-9(13)10(14)3-6/h1-3,5H,4,15H2. The van der Waals surface area contributed by atoms with Gasteiger partial charge in [-0.05, 0) is 23.3 Å². The number of benzene rings is 1. The number of thiophene rings is 1. The van der Waals surface area contributed by atoms with Crippen molar-refractivity contribution < 1.29 is 8.78 Å². The summed E-state index contributed by atoms with van der Waals surface area (Å²) in [6, 6.07) is 3.75. The molecule has 0 unspecified atom stereocenters. The Labute approximate surface area is 100 Å². The van der Waals surface area contributed by atoms with Gasteiger partial charge < -0.3 is 5.73 Å². The fourth-order valence-corrected chi connectivity index (χ4v) is 2.60. The van der Waals surface area contributed by atoms with Crippen LogP contribution in [0.2, 0.25) is 4.34 Å². The fraction of sp³-hybridized carbons (Fsp3) is 0.0909. The molecule has 0 aliphatic rings. The number of rotatable bonds is 2.